The summed E-state index contributed by atoms with van der Waals surface area (Å²) in [6, 6.07) is 20.4. The van der Waals surface area contributed by atoms with E-state index in [2.05, 4.69) is 37.4 Å². The Morgan fingerprint density at radius 3 is 2.33 bits per heavy atom. The second-order valence-electron chi connectivity index (χ2n) is 10.4. The molecular formula is C29H40NO3+. The van der Waals surface area contributed by atoms with Crippen LogP contribution < -0.4 is 0 Å². The molecule has 2 aliphatic rings. The van der Waals surface area contributed by atoms with Gasteiger partial charge in [0, 0.05) is 25.2 Å². The fourth-order valence-corrected chi connectivity index (χ4v) is 6.04. The van der Waals surface area contributed by atoms with Crippen LogP contribution >= 0.6 is 0 Å². The summed E-state index contributed by atoms with van der Waals surface area (Å²) in [5.74, 6) is -0.528. The van der Waals surface area contributed by atoms with Crippen LogP contribution in [0.25, 0.3) is 0 Å². The topological polar surface area (TPSA) is 46.5 Å². The van der Waals surface area contributed by atoms with Crippen molar-refractivity contribution >= 4 is 5.97 Å². The number of carbonyl (C=O) groups is 1. The number of hydrogen-bond donors (Lipinski definition) is 1. The molecule has 4 heteroatoms. The first-order valence-electron chi connectivity index (χ1n) is 12.9. The van der Waals surface area contributed by atoms with Gasteiger partial charge in [0.2, 0.25) is 0 Å². The minimum Gasteiger partial charge on any atom is -0.457 e. The van der Waals surface area contributed by atoms with Crippen molar-refractivity contribution in [1.82, 2.24) is 0 Å². The van der Waals surface area contributed by atoms with Crippen LogP contribution in [0, 0.1) is 5.92 Å². The third-order valence-corrected chi connectivity index (χ3v) is 8.19. The minimum atomic E-state index is -1.54. The van der Waals surface area contributed by atoms with E-state index in [1.807, 2.05) is 30.3 Å². The van der Waals surface area contributed by atoms with E-state index in [0.29, 0.717) is 18.2 Å². The van der Waals surface area contributed by atoms with Gasteiger partial charge in [0.25, 0.3) is 0 Å². The van der Waals surface area contributed by atoms with Crippen LogP contribution in [0.1, 0.15) is 62.5 Å². The van der Waals surface area contributed by atoms with E-state index in [9.17, 15) is 9.90 Å². The molecule has 0 aromatic heterocycles. The number of likely N-dealkylation sites (N-methyl/N-ethyl adjacent to an activating group) is 1. The molecule has 1 saturated heterocycles. The van der Waals surface area contributed by atoms with Gasteiger partial charge in [0.05, 0.1) is 20.1 Å². The van der Waals surface area contributed by atoms with Crippen molar-refractivity contribution in [2.45, 2.75) is 69.4 Å². The summed E-state index contributed by atoms with van der Waals surface area (Å²) in [6.07, 6.45) is 9.49. The van der Waals surface area contributed by atoms with Gasteiger partial charge in [-0.1, -0.05) is 79.9 Å². The number of carbonyl (C=O) groups excluding carboxylic acids is 1. The molecule has 4 nitrogen and oxygen atoms in total. The third kappa shape index (κ3) is 5.50. The first kappa shape index (κ1) is 24.0. The third-order valence-electron chi connectivity index (χ3n) is 8.19. The number of quaternary nitrogens is 1. The molecule has 2 aromatic rings. The van der Waals surface area contributed by atoms with Crippen LogP contribution in [-0.4, -0.2) is 48.3 Å². The van der Waals surface area contributed by atoms with E-state index in [1.54, 1.807) is 0 Å². The predicted octanol–water partition coefficient (Wildman–Crippen LogP) is 5.24. The lowest BCUT2D eigenvalue weighted by Gasteiger charge is -2.39. The smallest absolute Gasteiger partial charge is 0.343 e. The van der Waals surface area contributed by atoms with Gasteiger partial charge in [-0.2, -0.15) is 0 Å². The molecule has 33 heavy (non-hydrogen) atoms. The zero-order chi connectivity index (χ0) is 23.2. The number of nitrogens with zero attached hydrogens (tertiary/aromatic N) is 1. The molecule has 178 valence electrons. The molecule has 0 radical (unpaired) electrons. The van der Waals surface area contributed by atoms with E-state index in [1.165, 1.54) is 12.0 Å². The Kier molecular flexibility index (Phi) is 7.87. The molecule has 3 atom stereocenters. The second kappa shape index (κ2) is 10.8. The Morgan fingerprint density at radius 1 is 0.970 bits per heavy atom. The highest BCUT2D eigenvalue weighted by Crippen LogP contribution is 2.40. The average Bonchev–Trinajstić information content (AvgIpc) is 3.23. The second-order valence-corrected chi connectivity index (χ2v) is 10.4. The lowest BCUT2D eigenvalue weighted by Crippen LogP contribution is -2.52. The Labute approximate surface area is 199 Å². The fraction of sp³-hybridized carbons (Fsp3) is 0.552. The summed E-state index contributed by atoms with van der Waals surface area (Å²) < 4.78 is 6.91. The summed E-state index contributed by atoms with van der Waals surface area (Å²) >= 11 is 0. The van der Waals surface area contributed by atoms with Gasteiger partial charge in [0.15, 0.2) is 5.60 Å². The molecule has 1 heterocycles. The van der Waals surface area contributed by atoms with Gasteiger partial charge in [-0.25, -0.2) is 4.79 Å². The molecule has 2 fully saturated rings. The highest BCUT2D eigenvalue weighted by molar-refractivity contribution is 5.81. The number of benzene rings is 2. The maximum absolute atomic E-state index is 13.5. The Bertz CT molecular complexity index is 880. The fourth-order valence-electron chi connectivity index (χ4n) is 6.04. The first-order valence-corrected chi connectivity index (χ1v) is 12.9. The number of hydrogen-bond acceptors (Lipinski definition) is 3. The highest BCUT2D eigenvalue weighted by Gasteiger charge is 2.48. The van der Waals surface area contributed by atoms with Gasteiger partial charge in [-0.3, -0.25) is 0 Å². The number of aliphatic hydroxyl groups is 1. The maximum Gasteiger partial charge on any atom is 0.343 e. The number of esters is 1. The lowest BCUT2D eigenvalue weighted by molar-refractivity contribution is -0.921. The van der Waals surface area contributed by atoms with Gasteiger partial charge < -0.3 is 14.3 Å². The maximum atomic E-state index is 13.5. The standard InChI is InChI=1S/C29H40NO3/c1-30(21-11-15-24-13-5-2-6-14-24)22-12-20-27(30)23-33-28(31)29(32,25-16-7-3-8-17-25)26-18-9-4-10-19-26/h2-3,5-8,13-14,16-17,26-27,32H,4,9-12,15,18-23H2,1H3/q+1. The van der Waals surface area contributed by atoms with Gasteiger partial charge in [-0.05, 0) is 30.4 Å². The summed E-state index contributed by atoms with van der Waals surface area (Å²) in [5, 5.41) is 11.8. The van der Waals surface area contributed by atoms with E-state index in [4.69, 9.17) is 4.74 Å². The molecular weight excluding hydrogens is 410 g/mol. The zero-order valence-electron chi connectivity index (χ0n) is 20.1. The largest absolute Gasteiger partial charge is 0.457 e. The molecule has 3 unspecified atom stereocenters. The Balaban J connectivity index is 1.39. The van der Waals surface area contributed by atoms with E-state index in [0.717, 1.165) is 68.9 Å². The molecule has 0 spiro atoms. The van der Waals surface area contributed by atoms with Crippen LogP contribution in [0.5, 0.6) is 0 Å². The summed E-state index contributed by atoms with van der Waals surface area (Å²) in [7, 11) is 2.31. The number of likely N-dealkylation sites (tertiary alicyclic amines) is 1. The minimum absolute atomic E-state index is 0.0727. The molecule has 1 saturated carbocycles. The van der Waals surface area contributed by atoms with Crippen molar-refractivity contribution < 1.29 is 19.1 Å². The molecule has 1 aliphatic heterocycles. The van der Waals surface area contributed by atoms with E-state index >= 15 is 0 Å². The van der Waals surface area contributed by atoms with Crippen LogP contribution in [0.15, 0.2) is 60.7 Å². The summed E-state index contributed by atoms with van der Waals surface area (Å²) in [4.78, 5) is 13.5. The predicted molar refractivity (Wildman–Crippen MR) is 132 cm³/mol. The lowest BCUT2D eigenvalue weighted by atomic mass is 9.73. The normalized spacial score (nSPS) is 25.5. The van der Waals surface area contributed by atoms with E-state index in [-0.39, 0.29) is 5.92 Å². The zero-order valence-corrected chi connectivity index (χ0v) is 20.1. The molecule has 1 aliphatic carbocycles. The van der Waals surface area contributed by atoms with E-state index < -0.39 is 11.6 Å². The number of rotatable bonds is 9. The van der Waals surface area contributed by atoms with Crippen molar-refractivity contribution in [2.75, 3.05) is 26.7 Å². The van der Waals surface area contributed by atoms with Crippen molar-refractivity contribution in [1.29, 1.82) is 0 Å². The van der Waals surface area contributed by atoms with Gasteiger partial charge in [-0.15, -0.1) is 0 Å². The highest BCUT2D eigenvalue weighted by atomic mass is 16.6. The van der Waals surface area contributed by atoms with Crippen LogP contribution in [-0.2, 0) is 21.6 Å². The molecule has 0 bridgehead atoms. The SMILES string of the molecule is C[N+]1(CCCc2ccccc2)CCCC1COC(=O)C(O)(c1ccccc1)C1CCCCC1. The quantitative estimate of drug-likeness (QED) is 0.420. The van der Waals surface area contributed by atoms with Crippen molar-refractivity contribution in [3.8, 4) is 0 Å². The van der Waals surface area contributed by atoms with Gasteiger partial charge >= 0.3 is 5.97 Å². The Morgan fingerprint density at radius 2 is 1.64 bits per heavy atom. The van der Waals surface area contributed by atoms with Crippen molar-refractivity contribution in [3.05, 3.63) is 71.8 Å². The number of aryl methyl sites for hydroxylation is 1. The first-order chi connectivity index (χ1) is 16.0. The van der Waals surface area contributed by atoms with Crippen molar-refractivity contribution in [3.63, 3.8) is 0 Å². The molecule has 0 amide bonds. The van der Waals surface area contributed by atoms with Crippen LogP contribution in [0.4, 0.5) is 0 Å². The van der Waals surface area contributed by atoms with Crippen LogP contribution in [0.3, 0.4) is 0 Å². The molecule has 4 rings (SSSR count). The summed E-state index contributed by atoms with van der Waals surface area (Å²) in [5.41, 5.74) is 0.511. The Hall–Kier alpha value is -2.17. The monoisotopic (exact) mass is 450 g/mol. The van der Waals surface area contributed by atoms with Crippen LogP contribution in [0.2, 0.25) is 0 Å². The number of ether oxygens (including phenoxy) is 1. The van der Waals surface area contributed by atoms with Gasteiger partial charge in [0.1, 0.15) is 12.6 Å². The molecule has 2 aromatic carbocycles. The summed E-state index contributed by atoms with van der Waals surface area (Å²) in [6.45, 7) is 2.60. The molecule has 1 N–H and O–H groups in total. The average molecular weight is 451 g/mol. The van der Waals surface area contributed by atoms with Crippen molar-refractivity contribution in [2.24, 2.45) is 5.92 Å².